The van der Waals surface area contributed by atoms with Crippen molar-refractivity contribution in [2.45, 2.75) is 71.3 Å². The summed E-state index contributed by atoms with van der Waals surface area (Å²) in [7, 11) is 0. The molecule has 0 fully saturated rings. The smallest absolute Gasteiger partial charge is 0.411 e. The Morgan fingerprint density at radius 3 is 2.45 bits per heavy atom. The third-order valence-corrected chi connectivity index (χ3v) is 5.14. The van der Waals surface area contributed by atoms with Crippen LogP contribution in [0, 0.1) is 0 Å². The minimum absolute atomic E-state index is 0.0132. The summed E-state index contributed by atoms with van der Waals surface area (Å²) < 4.78 is 7.12. The van der Waals surface area contributed by atoms with E-state index in [9.17, 15) is 14.7 Å². The van der Waals surface area contributed by atoms with E-state index in [0.29, 0.717) is 18.7 Å². The summed E-state index contributed by atoms with van der Waals surface area (Å²) in [5.41, 5.74) is 2.90. The third-order valence-electron chi connectivity index (χ3n) is 5.14. The van der Waals surface area contributed by atoms with Crippen molar-refractivity contribution in [1.82, 2.24) is 0 Å². The monoisotopic (exact) mass is 426 g/mol. The van der Waals surface area contributed by atoms with Crippen molar-refractivity contribution in [3.05, 3.63) is 59.9 Å². The molecule has 1 N–H and O–H groups in total. The van der Waals surface area contributed by atoms with Crippen LogP contribution in [0.15, 0.2) is 48.8 Å². The first-order valence-electron chi connectivity index (χ1n) is 11.3. The predicted octanol–water partition coefficient (Wildman–Crippen LogP) is 3.81. The Kier molecular flexibility index (Phi) is 11.1. The number of amides is 1. The number of nitrogens with zero attached hydrogens (tertiary/aromatic N) is 1. The van der Waals surface area contributed by atoms with Crippen LogP contribution in [0.1, 0.15) is 63.0 Å². The van der Waals surface area contributed by atoms with Gasteiger partial charge in [-0.25, -0.2) is 9.36 Å². The molecule has 0 saturated heterocycles. The molecule has 1 aromatic carbocycles. The number of unbranched alkanes of at least 4 members (excludes halogenated alkanes) is 5. The van der Waals surface area contributed by atoms with Crippen molar-refractivity contribution in [3.63, 3.8) is 0 Å². The van der Waals surface area contributed by atoms with E-state index in [1.54, 1.807) is 0 Å². The van der Waals surface area contributed by atoms with Crippen molar-refractivity contribution in [1.29, 1.82) is 0 Å². The van der Waals surface area contributed by atoms with E-state index in [1.807, 2.05) is 41.2 Å². The van der Waals surface area contributed by atoms with Gasteiger partial charge in [-0.15, -0.1) is 0 Å². The van der Waals surface area contributed by atoms with E-state index in [0.717, 1.165) is 12.0 Å². The minimum atomic E-state index is -1.06. The van der Waals surface area contributed by atoms with Gasteiger partial charge in [0.25, 0.3) is 0 Å². The number of carboxylic acid groups (broad SMARTS) is 1. The van der Waals surface area contributed by atoms with Crippen LogP contribution in [0.2, 0.25) is 0 Å². The zero-order chi connectivity index (χ0) is 22.3. The maximum Gasteiger partial charge on any atom is 0.411 e. The number of carbonyl (C=O) groups is 2. The second-order valence-corrected chi connectivity index (χ2v) is 7.80. The van der Waals surface area contributed by atoms with E-state index in [1.165, 1.54) is 44.1 Å². The lowest BCUT2D eigenvalue weighted by atomic mass is 10.0. The van der Waals surface area contributed by atoms with Gasteiger partial charge < -0.3 is 14.6 Å². The molecule has 0 aliphatic carbocycles. The quantitative estimate of drug-likeness (QED) is 0.368. The number of carboxylic acids is 1. The van der Waals surface area contributed by atoms with Crippen molar-refractivity contribution in [2.24, 2.45) is 0 Å². The Labute approximate surface area is 185 Å². The lowest BCUT2D eigenvalue weighted by Gasteiger charge is -2.07. The van der Waals surface area contributed by atoms with Gasteiger partial charge >= 0.3 is 6.09 Å². The van der Waals surface area contributed by atoms with E-state index >= 15 is 0 Å². The fourth-order valence-electron chi connectivity index (χ4n) is 3.37. The summed E-state index contributed by atoms with van der Waals surface area (Å²) in [5.74, 6) is -1.06. The molecule has 2 rings (SSSR count). The molecule has 31 heavy (non-hydrogen) atoms. The summed E-state index contributed by atoms with van der Waals surface area (Å²) in [5, 5.41) is 13.3. The number of ether oxygens (including phenoxy) is 1. The highest BCUT2D eigenvalue weighted by molar-refractivity contribution is 5.84. The number of nitrogens with one attached hydrogen (secondary N) is 1. The van der Waals surface area contributed by atoms with Crippen LogP contribution in [0.3, 0.4) is 0 Å². The molecule has 0 unspecified atom stereocenters. The lowest BCUT2D eigenvalue weighted by Crippen LogP contribution is -2.36. The molecule has 168 valence electrons. The number of carbonyl (C=O) groups excluding carboxylic acids is 2. The molecule has 1 aromatic heterocycles. The summed E-state index contributed by atoms with van der Waals surface area (Å²) in [6.45, 7) is 2.94. The molecule has 0 saturated carbocycles. The highest BCUT2D eigenvalue weighted by Gasteiger charge is 2.07. The fourth-order valence-corrected chi connectivity index (χ4v) is 3.37. The zero-order valence-corrected chi connectivity index (χ0v) is 18.5. The van der Waals surface area contributed by atoms with Crippen LogP contribution in [0.5, 0.6) is 0 Å². The molecule has 0 spiro atoms. The first-order chi connectivity index (χ1) is 15.1. The normalized spacial score (nSPS) is 10.6. The highest BCUT2D eigenvalue weighted by atomic mass is 16.5. The van der Waals surface area contributed by atoms with Gasteiger partial charge in [0.05, 0.1) is 0 Å². The Bertz CT molecular complexity index is 805. The molecule has 6 nitrogen and oxygen atoms in total. The van der Waals surface area contributed by atoms with Crippen molar-refractivity contribution < 1.29 is 24.0 Å². The van der Waals surface area contributed by atoms with E-state index in [-0.39, 0.29) is 13.0 Å². The van der Waals surface area contributed by atoms with Gasteiger partial charge in [-0.2, -0.15) is 0 Å². The van der Waals surface area contributed by atoms with Gasteiger partial charge in [0.15, 0.2) is 25.5 Å². The summed E-state index contributed by atoms with van der Waals surface area (Å²) in [6.07, 6.45) is 12.4. The molecule has 1 heterocycles. The average molecular weight is 427 g/mol. The SMILES string of the molecule is CCCCCCCCc1ccc(NC(=O)OCC[n+]2cccc(CCC(=O)[O-])c2)cc1. The molecule has 0 atom stereocenters. The van der Waals surface area contributed by atoms with E-state index in [2.05, 4.69) is 24.4 Å². The second kappa shape index (κ2) is 14.2. The second-order valence-electron chi connectivity index (χ2n) is 7.80. The molecule has 2 aromatic rings. The number of aryl methyl sites for hydroxylation is 2. The summed E-state index contributed by atoms with van der Waals surface area (Å²) in [6, 6.07) is 11.6. The van der Waals surface area contributed by atoms with Crippen LogP contribution in [0.25, 0.3) is 0 Å². The van der Waals surface area contributed by atoms with Gasteiger partial charge in [-0.1, -0.05) is 51.2 Å². The number of rotatable bonds is 14. The molecular weight excluding hydrogens is 392 g/mol. The first kappa shape index (κ1) is 24.4. The van der Waals surface area contributed by atoms with Crippen LogP contribution < -0.4 is 15.0 Å². The van der Waals surface area contributed by atoms with E-state index in [4.69, 9.17) is 4.74 Å². The highest BCUT2D eigenvalue weighted by Crippen LogP contribution is 2.13. The van der Waals surface area contributed by atoms with Crippen LogP contribution in [-0.2, 0) is 28.9 Å². The molecule has 0 aliphatic rings. The maximum atomic E-state index is 12.0. The van der Waals surface area contributed by atoms with Crippen LogP contribution in [0.4, 0.5) is 10.5 Å². The van der Waals surface area contributed by atoms with Crippen LogP contribution >= 0.6 is 0 Å². The van der Waals surface area contributed by atoms with Crippen LogP contribution in [-0.4, -0.2) is 18.7 Å². The third kappa shape index (κ3) is 10.6. The number of anilines is 1. The Balaban J connectivity index is 1.66. The summed E-state index contributed by atoms with van der Waals surface area (Å²) >= 11 is 0. The van der Waals surface area contributed by atoms with E-state index < -0.39 is 12.1 Å². The minimum Gasteiger partial charge on any atom is -0.550 e. The van der Waals surface area contributed by atoms with Crippen molar-refractivity contribution in [3.8, 4) is 0 Å². The molecule has 0 radical (unpaired) electrons. The number of benzene rings is 1. The molecule has 6 heteroatoms. The Morgan fingerprint density at radius 2 is 1.71 bits per heavy atom. The molecule has 0 bridgehead atoms. The molecule has 0 aliphatic heterocycles. The topological polar surface area (TPSA) is 82.3 Å². The van der Waals surface area contributed by atoms with Gasteiger partial charge in [-0.3, -0.25) is 5.32 Å². The largest absolute Gasteiger partial charge is 0.550 e. The summed E-state index contributed by atoms with van der Waals surface area (Å²) in [4.78, 5) is 22.6. The van der Waals surface area contributed by atoms with Gasteiger partial charge in [-0.05, 0) is 49.4 Å². The van der Waals surface area contributed by atoms with Crippen molar-refractivity contribution >= 4 is 17.7 Å². The van der Waals surface area contributed by atoms with Gasteiger partial charge in [0, 0.05) is 23.3 Å². The number of aliphatic carboxylic acids is 1. The molecule has 1 amide bonds. The lowest BCUT2D eigenvalue weighted by molar-refractivity contribution is -0.698. The van der Waals surface area contributed by atoms with Gasteiger partial charge in [0.1, 0.15) is 0 Å². The fraction of sp³-hybridized carbons (Fsp3) is 0.480. The Morgan fingerprint density at radius 1 is 0.968 bits per heavy atom. The Hall–Kier alpha value is -2.89. The standard InChI is InChI=1S/C25H34N2O4/c1-2-3-4-5-6-7-9-21-11-14-23(15-12-21)26-25(30)31-19-18-27-17-8-10-22(20-27)13-16-24(28)29/h8,10-12,14-15,17,20H,2-7,9,13,16,18-19H2,1H3,(H-,26,28,29,30). The zero-order valence-electron chi connectivity index (χ0n) is 18.5. The number of pyridine rings is 1. The number of hydrogen-bond acceptors (Lipinski definition) is 4. The van der Waals surface area contributed by atoms with Gasteiger partial charge in [0.2, 0.25) is 0 Å². The molecular formula is C25H34N2O4. The maximum absolute atomic E-state index is 12.0. The number of aromatic nitrogens is 1. The van der Waals surface area contributed by atoms with Crippen molar-refractivity contribution in [2.75, 3.05) is 11.9 Å². The predicted molar refractivity (Wildman–Crippen MR) is 118 cm³/mol. The first-order valence-corrected chi connectivity index (χ1v) is 11.3. The number of hydrogen-bond donors (Lipinski definition) is 1. The average Bonchev–Trinajstić information content (AvgIpc) is 2.76.